The lowest BCUT2D eigenvalue weighted by Crippen LogP contribution is -2.29. The predicted octanol–water partition coefficient (Wildman–Crippen LogP) is 3.83. The van der Waals surface area contributed by atoms with Crippen molar-refractivity contribution in [3.05, 3.63) is 35.5 Å². The minimum absolute atomic E-state index is 0.247. The number of rotatable bonds is 5. The Morgan fingerprint density at radius 2 is 2.08 bits per heavy atom. The van der Waals surface area contributed by atoms with Crippen LogP contribution in [0.25, 0.3) is 0 Å². The van der Waals surface area contributed by atoms with Gasteiger partial charge in [-0.25, -0.2) is 4.98 Å². The van der Waals surface area contributed by atoms with E-state index in [0.717, 1.165) is 41.3 Å². The van der Waals surface area contributed by atoms with Gasteiger partial charge in [-0.15, -0.1) is 0 Å². The van der Waals surface area contributed by atoms with Crippen LogP contribution in [0, 0.1) is 5.92 Å². The number of nitrogens with one attached hydrogen (secondary N) is 1. The van der Waals surface area contributed by atoms with Gasteiger partial charge in [-0.1, -0.05) is 29.8 Å². The number of aromatic nitrogens is 2. The quantitative estimate of drug-likeness (QED) is 0.747. The zero-order valence-electron chi connectivity index (χ0n) is 13.3. The van der Waals surface area contributed by atoms with Gasteiger partial charge in [0.2, 0.25) is 5.95 Å². The first-order valence-electron chi connectivity index (χ1n) is 8.07. The number of aliphatic hydroxyl groups excluding tert-OH is 1. The number of hydrogen-bond donors (Lipinski definition) is 3. The van der Waals surface area contributed by atoms with E-state index in [1.807, 2.05) is 24.3 Å². The van der Waals surface area contributed by atoms with E-state index >= 15 is 0 Å². The number of halogens is 1. The Bertz CT molecular complexity index is 683. The average molecular weight is 365 g/mol. The van der Waals surface area contributed by atoms with Crippen molar-refractivity contribution >= 4 is 35.1 Å². The Balaban J connectivity index is 1.76. The van der Waals surface area contributed by atoms with Crippen molar-refractivity contribution in [1.82, 2.24) is 9.97 Å². The van der Waals surface area contributed by atoms with Gasteiger partial charge in [0.15, 0.2) is 0 Å². The molecule has 2 aromatic rings. The second kappa shape index (κ2) is 8.05. The number of nitrogens with zero attached hydrogens (tertiary/aromatic N) is 2. The highest BCUT2D eigenvalue weighted by Gasteiger charge is 2.22. The van der Waals surface area contributed by atoms with E-state index in [1.54, 1.807) is 18.0 Å². The fourth-order valence-corrected chi connectivity index (χ4v) is 3.93. The summed E-state index contributed by atoms with van der Waals surface area (Å²) < 4.78 is 0. The molecule has 1 fully saturated rings. The third-order valence-electron chi connectivity index (χ3n) is 4.20. The third-order valence-corrected chi connectivity index (χ3v) is 5.48. The van der Waals surface area contributed by atoms with Crippen LogP contribution in [0.4, 0.5) is 11.8 Å². The molecule has 0 amide bonds. The smallest absolute Gasteiger partial charge is 0.221 e. The predicted molar refractivity (Wildman–Crippen MR) is 98.5 cm³/mol. The molecule has 0 spiro atoms. The molecule has 1 aliphatic carbocycles. The molecule has 0 saturated heterocycles. The summed E-state index contributed by atoms with van der Waals surface area (Å²) in [5, 5.41) is 13.6. The van der Waals surface area contributed by atoms with Gasteiger partial charge in [0.1, 0.15) is 5.82 Å². The molecular formula is C17H21ClN4OS. The molecule has 1 saturated carbocycles. The van der Waals surface area contributed by atoms with Gasteiger partial charge in [0, 0.05) is 28.8 Å². The van der Waals surface area contributed by atoms with E-state index in [-0.39, 0.29) is 12.6 Å². The Hall–Kier alpha value is -1.50. The van der Waals surface area contributed by atoms with Crippen molar-refractivity contribution in [3.63, 3.8) is 0 Å². The van der Waals surface area contributed by atoms with Crippen LogP contribution in [0.5, 0.6) is 0 Å². The molecule has 2 atom stereocenters. The SMILES string of the molecule is Nc1ncc(Sc2ccc(Cl)cc2)c(N[C@H]2CCC[C@H](CO)C2)n1. The lowest BCUT2D eigenvalue weighted by Gasteiger charge is -2.29. The first-order valence-corrected chi connectivity index (χ1v) is 9.27. The lowest BCUT2D eigenvalue weighted by molar-refractivity contribution is 0.184. The van der Waals surface area contributed by atoms with Gasteiger partial charge >= 0.3 is 0 Å². The monoisotopic (exact) mass is 364 g/mol. The molecule has 24 heavy (non-hydrogen) atoms. The van der Waals surface area contributed by atoms with Crippen molar-refractivity contribution in [2.24, 2.45) is 5.92 Å². The molecule has 1 heterocycles. The van der Waals surface area contributed by atoms with E-state index < -0.39 is 0 Å². The molecule has 128 valence electrons. The largest absolute Gasteiger partial charge is 0.396 e. The summed E-state index contributed by atoms with van der Waals surface area (Å²) in [7, 11) is 0. The van der Waals surface area contributed by atoms with Crippen LogP contribution in [0.2, 0.25) is 5.02 Å². The number of nitrogen functional groups attached to an aromatic ring is 1. The maximum Gasteiger partial charge on any atom is 0.221 e. The van der Waals surface area contributed by atoms with E-state index in [4.69, 9.17) is 17.3 Å². The molecular weight excluding hydrogens is 344 g/mol. The average Bonchev–Trinajstić information content (AvgIpc) is 2.59. The van der Waals surface area contributed by atoms with E-state index in [1.165, 1.54) is 0 Å². The molecule has 0 aliphatic heterocycles. The lowest BCUT2D eigenvalue weighted by atomic mass is 9.86. The zero-order valence-corrected chi connectivity index (χ0v) is 14.9. The second-order valence-electron chi connectivity index (χ2n) is 6.05. The van der Waals surface area contributed by atoms with E-state index in [2.05, 4.69) is 15.3 Å². The third kappa shape index (κ3) is 4.53. The highest BCUT2D eigenvalue weighted by Crippen LogP contribution is 2.34. The Morgan fingerprint density at radius 1 is 1.29 bits per heavy atom. The second-order valence-corrected chi connectivity index (χ2v) is 7.61. The first kappa shape index (κ1) is 17.3. The zero-order chi connectivity index (χ0) is 16.9. The summed E-state index contributed by atoms with van der Waals surface area (Å²) in [6, 6.07) is 7.96. The molecule has 3 rings (SSSR count). The topological polar surface area (TPSA) is 84.1 Å². The highest BCUT2D eigenvalue weighted by molar-refractivity contribution is 7.99. The van der Waals surface area contributed by atoms with Gasteiger partial charge in [0.05, 0.1) is 4.90 Å². The minimum atomic E-state index is 0.247. The summed E-state index contributed by atoms with van der Waals surface area (Å²) >= 11 is 7.52. The molecule has 4 N–H and O–H groups in total. The van der Waals surface area contributed by atoms with Crippen molar-refractivity contribution < 1.29 is 5.11 Å². The van der Waals surface area contributed by atoms with E-state index in [9.17, 15) is 5.11 Å². The Kier molecular flexibility index (Phi) is 5.81. The highest BCUT2D eigenvalue weighted by atomic mass is 35.5. The number of aliphatic hydroxyl groups is 1. The van der Waals surface area contributed by atoms with Crippen LogP contribution in [-0.4, -0.2) is 27.7 Å². The summed E-state index contributed by atoms with van der Waals surface area (Å²) in [6.45, 7) is 0.247. The van der Waals surface area contributed by atoms with Crippen molar-refractivity contribution in [2.75, 3.05) is 17.7 Å². The van der Waals surface area contributed by atoms with Crippen LogP contribution < -0.4 is 11.1 Å². The molecule has 0 radical (unpaired) electrons. The number of hydrogen-bond acceptors (Lipinski definition) is 6. The normalized spacial score (nSPS) is 20.8. The fraction of sp³-hybridized carbons (Fsp3) is 0.412. The molecule has 1 aromatic heterocycles. The maximum absolute atomic E-state index is 9.40. The standard InChI is InChI=1S/C17H21ClN4OS/c18-12-4-6-14(7-5-12)24-15-9-20-17(19)22-16(15)21-13-3-1-2-11(8-13)10-23/h4-7,9,11,13,23H,1-3,8,10H2,(H3,19,20,21,22)/t11-,13-/m0/s1. The molecule has 7 heteroatoms. The van der Waals surface area contributed by atoms with E-state index in [0.29, 0.717) is 17.0 Å². The van der Waals surface area contributed by atoms with Crippen LogP contribution in [0.1, 0.15) is 25.7 Å². The first-order chi connectivity index (χ1) is 11.6. The molecule has 0 bridgehead atoms. The fourth-order valence-electron chi connectivity index (χ4n) is 2.97. The number of benzene rings is 1. The summed E-state index contributed by atoms with van der Waals surface area (Å²) in [6.07, 6.45) is 5.98. The van der Waals surface area contributed by atoms with Gasteiger partial charge in [-0.3, -0.25) is 0 Å². The summed E-state index contributed by atoms with van der Waals surface area (Å²) in [5.41, 5.74) is 5.77. The number of nitrogens with two attached hydrogens (primary N) is 1. The maximum atomic E-state index is 9.40. The van der Waals surface area contributed by atoms with Crippen LogP contribution in [-0.2, 0) is 0 Å². The van der Waals surface area contributed by atoms with Gasteiger partial charge < -0.3 is 16.2 Å². The van der Waals surface area contributed by atoms with Crippen molar-refractivity contribution in [3.8, 4) is 0 Å². The van der Waals surface area contributed by atoms with Crippen molar-refractivity contribution in [2.45, 2.75) is 41.5 Å². The van der Waals surface area contributed by atoms with Crippen LogP contribution >= 0.6 is 23.4 Å². The number of anilines is 2. The Labute approximate surface area is 151 Å². The minimum Gasteiger partial charge on any atom is -0.396 e. The Morgan fingerprint density at radius 3 is 2.83 bits per heavy atom. The van der Waals surface area contributed by atoms with Gasteiger partial charge in [-0.2, -0.15) is 4.98 Å². The summed E-state index contributed by atoms with van der Waals surface area (Å²) in [5.74, 6) is 1.38. The van der Waals surface area contributed by atoms with Crippen LogP contribution in [0.15, 0.2) is 40.3 Å². The van der Waals surface area contributed by atoms with Gasteiger partial charge in [-0.05, 0) is 49.4 Å². The molecule has 1 aromatic carbocycles. The molecule has 0 unspecified atom stereocenters. The van der Waals surface area contributed by atoms with Gasteiger partial charge in [0.25, 0.3) is 0 Å². The van der Waals surface area contributed by atoms with Crippen LogP contribution in [0.3, 0.4) is 0 Å². The summed E-state index contributed by atoms with van der Waals surface area (Å²) in [4.78, 5) is 10.5. The molecule has 5 nitrogen and oxygen atoms in total. The van der Waals surface area contributed by atoms with Crippen molar-refractivity contribution in [1.29, 1.82) is 0 Å². The molecule has 1 aliphatic rings.